The Morgan fingerprint density at radius 2 is 1.65 bits per heavy atom. The molecule has 2 atom stereocenters. The van der Waals surface area contributed by atoms with Crippen molar-refractivity contribution < 1.29 is 4.79 Å². The molecule has 20 heavy (non-hydrogen) atoms. The second-order valence-corrected chi connectivity index (χ2v) is 5.30. The lowest BCUT2D eigenvalue weighted by Gasteiger charge is -2.18. The summed E-state index contributed by atoms with van der Waals surface area (Å²) in [6.07, 6.45) is 0. The Kier molecular flexibility index (Phi) is 4.80. The van der Waals surface area contributed by atoms with Crippen molar-refractivity contribution in [1.82, 2.24) is 5.32 Å². The minimum atomic E-state index is -0.664. The normalized spacial score (nSPS) is 13.6. The zero-order valence-corrected chi connectivity index (χ0v) is 12.4. The van der Waals surface area contributed by atoms with E-state index in [1.807, 2.05) is 68.4 Å². The van der Waals surface area contributed by atoms with Gasteiger partial charge in [0.1, 0.15) is 5.38 Å². The van der Waals surface area contributed by atoms with Crippen LogP contribution in [0, 0.1) is 6.92 Å². The van der Waals surface area contributed by atoms with Crippen molar-refractivity contribution in [3.8, 4) is 0 Å². The van der Waals surface area contributed by atoms with Gasteiger partial charge in [0.15, 0.2) is 0 Å². The van der Waals surface area contributed by atoms with E-state index in [0.29, 0.717) is 0 Å². The molecule has 2 aromatic carbocycles. The van der Waals surface area contributed by atoms with E-state index in [1.54, 1.807) is 0 Å². The minimum Gasteiger partial charge on any atom is -0.348 e. The van der Waals surface area contributed by atoms with Crippen LogP contribution in [0.15, 0.2) is 54.6 Å². The van der Waals surface area contributed by atoms with Crippen LogP contribution < -0.4 is 5.32 Å². The molecule has 0 aromatic heterocycles. The van der Waals surface area contributed by atoms with Crippen molar-refractivity contribution in [1.29, 1.82) is 0 Å². The maximum absolute atomic E-state index is 12.2. The van der Waals surface area contributed by atoms with E-state index in [1.165, 1.54) is 0 Å². The Bertz CT molecular complexity index is 583. The first-order chi connectivity index (χ1) is 9.59. The van der Waals surface area contributed by atoms with E-state index < -0.39 is 5.38 Å². The quantitative estimate of drug-likeness (QED) is 0.841. The van der Waals surface area contributed by atoms with Gasteiger partial charge in [0.2, 0.25) is 5.91 Å². The molecule has 0 radical (unpaired) electrons. The molecule has 1 N–H and O–H groups in total. The predicted molar refractivity (Wildman–Crippen MR) is 82.8 cm³/mol. The van der Waals surface area contributed by atoms with Gasteiger partial charge in [-0.3, -0.25) is 4.79 Å². The smallest absolute Gasteiger partial charge is 0.243 e. The van der Waals surface area contributed by atoms with Crippen LogP contribution in [-0.2, 0) is 4.79 Å². The van der Waals surface area contributed by atoms with Crippen LogP contribution in [0.25, 0.3) is 0 Å². The zero-order valence-electron chi connectivity index (χ0n) is 11.6. The highest BCUT2D eigenvalue weighted by Gasteiger charge is 2.20. The minimum absolute atomic E-state index is 0.0614. The highest BCUT2D eigenvalue weighted by molar-refractivity contribution is 6.30. The average molecular weight is 288 g/mol. The summed E-state index contributed by atoms with van der Waals surface area (Å²) in [5.41, 5.74) is 3.08. The van der Waals surface area contributed by atoms with Gasteiger partial charge in [0, 0.05) is 0 Å². The Morgan fingerprint density at radius 1 is 1.05 bits per heavy atom. The third kappa shape index (κ3) is 3.40. The molecule has 1 amide bonds. The lowest BCUT2D eigenvalue weighted by molar-refractivity contribution is -0.121. The molecule has 1 unspecified atom stereocenters. The summed E-state index contributed by atoms with van der Waals surface area (Å²) < 4.78 is 0. The molecule has 0 fully saturated rings. The standard InChI is InChI=1S/C17H18ClNO/c1-12-8-6-7-11-15(12)13(2)19-17(20)16(18)14-9-4-3-5-10-14/h3-11,13,16H,1-2H3,(H,19,20)/t13-,16?/m0/s1. The number of carbonyl (C=O) groups is 1. The number of benzene rings is 2. The van der Waals surface area contributed by atoms with Gasteiger partial charge in [0.05, 0.1) is 6.04 Å². The molecule has 0 saturated heterocycles. The molecule has 0 aliphatic heterocycles. The van der Waals surface area contributed by atoms with E-state index >= 15 is 0 Å². The highest BCUT2D eigenvalue weighted by Crippen LogP contribution is 2.23. The Balaban J connectivity index is 2.07. The number of aryl methyl sites for hydroxylation is 1. The lowest BCUT2D eigenvalue weighted by Crippen LogP contribution is -2.30. The van der Waals surface area contributed by atoms with Crippen molar-refractivity contribution in [2.45, 2.75) is 25.3 Å². The van der Waals surface area contributed by atoms with Gasteiger partial charge in [-0.25, -0.2) is 0 Å². The maximum Gasteiger partial charge on any atom is 0.243 e. The number of carbonyl (C=O) groups excluding carboxylic acids is 1. The number of nitrogens with one attached hydrogen (secondary N) is 1. The van der Waals surface area contributed by atoms with Gasteiger partial charge >= 0.3 is 0 Å². The Labute approximate surface area is 124 Å². The summed E-state index contributed by atoms with van der Waals surface area (Å²) in [6.45, 7) is 4.00. The van der Waals surface area contributed by atoms with Gasteiger partial charge in [0.25, 0.3) is 0 Å². The van der Waals surface area contributed by atoms with Crippen LogP contribution in [-0.4, -0.2) is 5.91 Å². The van der Waals surface area contributed by atoms with Crippen LogP contribution in [0.1, 0.15) is 35.0 Å². The number of alkyl halides is 1. The summed E-state index contributed by atoms with van der Waals surface area (Å²) in [5, 5.41) is 2.30. The Hall–Kier alpha value is -1.80. The first-order valence-corrected chi connectivity index (χ1v) is 7.08. The predicted octanol–water partition coefficient (Wildman–Crippen LogP) is 4.15. The molecule has 2 rings (SSSR count). The molecule has 0 aliphatic rings. The number of rotatable bonds is 4. The van der Waals surface area contributed by atoms with E-state index in [9.17, 15) is 4.79 Å². The molecule has 0 bridgehead atoms. The van der Waals surface area contributed by atoms with Crippen LogP contribution in [0.5, 0.6) is 0 Å². The molecule has 0 spiro atoms. The summed E-state index contributed by atoms with van der Waals surface area (Å²) >= 11 is 6.22. The lowest BCUT2D eigenvalue weighted by atomic mass is 10.0. The van der Waals surface area contributed by atoms with Crippen LogP contribution in [0.3, 0.4) is 0 Å². The maximum atomic E-state index is 12.2. The largest absolute Gasteiger partial charge is 0.348 e. The summed E-state index contributed by atoms with van der Waals surface area (Å²) in [5.74, 6) is -0.173. The van der Waals surface area contributed by atoms with Crippen LogP contribution in [0.2, 0.25) is 0 Å². The van der Waals surface area contributed by atoms with Crippen molar-refractivity contribution in [3.05, 3.63) is 71.3 Å². The number of halogens is 1. The van der Waals surface area contributed by atoms with E-state index in [0.717, 1.165) is 16.7 Å². The second kappa shape index (κ2) is 6.58. The van der Waals surface area contributed by atoms with Crippen molar-refractivity contribution in [2.24, 2.45) is 0 Å². The summed E-state index contributed by atoms with van der Waals surface area (Å²) in [7, 11) is 0. The fraction of sp³-hybridized carbons (Fsp3) is 0.235. The SMILES string of the molecule is Cc1ccccc1[C@H](C)NC(=O)C(Cl)c1ccccc1. The number of hydrogen-bond donors (Lipinski definition) is 1. The van der Waals surface area contributed by atoms with E-state index in [2.05, 4.69) is 5.32 Å². The fourth-order valence-corrected chi connectivity index (χ4v) is 2.42. The zero-order chi connectivity index (χ0) is 14.5. The molecule has 2 nitrogen and oxygen atoms in total. The van der Waals surface area contributed by atoms with E-state index in [-0.39, 0.29) is 11.9 Å². The highest BCUT2D eigenvalue weighted by atomic mass is 35.5. The molecule has 3 heteroatoms. The molecule has 0 saturated carbocycles. The molecular formula is C17H18ClNO. The van der Waals surface area contributed by atoms with Crippen molar-refractivity contribution >= 4 is 17.5 Å². The second-order valence-electron chi connectivity index (χ2n) is 4.86. The summed E-state index contributed by atoms with van der Waals surface area (Å²) in [6, 6.07) is 17.3. The first-order valence-electron chi connectivity index (χ1n) is 6.64. The van der Waals surface area contributed by atoms with Crippen LogP contribution in [0.4, 0.5) is 0 Å². The average Bonchev–Trinajstić information content (AvgIpc) is 2.47. The Morgan fingerprint density at radius 3 is 2.30 bits per heavy atom. The van der Waals surface area contributed by atoms with Crippen LogP contribution >= 0.6 is 11.6 Å². The monoisotopic (exact) mass is 287 g/mol. The molecule has 104 valence electrons. The van der Waals surface area contributed by atoms with Gasteiger partial charge in [-0.2, -0.15) is 0 Å². The number of hydrogen-bond acceptors (Lipinski definition) is 1. The molecular weight excluding hydrogens is 270 g/mol. The van der Waals surface area contributed by atoms with Crippen molar-refractivity contribution in [3.63, 3.8) is 0 Å². The number of amides is 1. The van der Waals surface area contributed by atoms with E-state index in [4.69, 9.17) is 11.6 Å². The fourth-order valence-electron chi connectivity index (χ4n) is 2.21. The van der Waals surface area contributed by atoms with Gasteiger partial charge in [-0.05, 0) is 30.5 Å². The first kappa shape index (κ1) is 14.6. The summed E-state index contributed by atoms with van der Waals surface area (Å²) in [4.78, 5) is 12.2. The van der Waals surface area contributed by atoms with Crippen molar-refractivity contribution in [2.75, 3.05) is 0 Å². The topological polar surface area (TPSA) is 29.1 Å². The third-order valence-corrected chi connectivity index (χ3v) is 3.79. The van der Waals surface area contributed by atoms with Gasteiger partial charge < -0.3 is 5.32 Å². The molecule has 2 aromatic rings. The molecule has 0 heterocycles. The van der Waals surface area contributed by atoms with Gasteiger partial charge in [-0.1, -0.05) is 54.6 Å². The third-order valence-electron chi connectivity index (χ3n) is 3.34. The molecule has 0 aliphatic carbocycles. The van der Waals surface area contributed by atoms with Gasteiger partial charge in [-0.15, -0.1) is 11.6 Å².